The van der Waals surface area contributed by atoms with Crippen molar-refractivity contribution in [2.45, 2.75) is 31.3 Å². The van der Waals surface area contributed by atoms with Crippen molar-refractivity contribution >= 4 is 11.9 Å². The highest BCUT2D eigenvalue weighted by atomic mass is 16.5. The maximum atomic E-state index is 12.2. The molecule has 1 aliphatic heterocycles. The first-order chi connectivity index (χ1) is 10.6. The minimum absolute atomic E-state index is 0.0604. The second-order valence-corrected chi connectivity index (χ2v) is 5.74. The Bertz CT molecular complexity index is 611. The fourth-order valence-electron chi connectivity index (χ4n) is 3.19. The van der Waals surface area contributed by atoms with Gasteiger partial charge in [-0.2, -0.15) is 0 Å². The summed E-state index contributed by atoms with van der Waals surface area (Å²) in [6.45, 7) is 0. The Labute approximate surface area is 128 Å². The molecule has 2 unspecified atom stereocenters. The van der Waals surface area contributed by atoms with Crippen LogP contribution in [0, 0.1) is 5.92 Å². The van der Waals surface area contributed by atoms with E-state index in [9.17, 15) is 14.7 Å². The molecule has 118 valence electrons. The molecule has 1 saturated carbocycles. The first kappa shape index (κ1) is 14.7. The zero-order valence-corrected chi connectivity index (χ0v) is 12.6. The molecule has 2 aliphatic rings. The van der Waals surface area contributed by atoms with E-state index in [0.717, 1.165) is 18.4 Å². The molecule has 1 aromatic carbocycles. The van der Waals surface area contributed by atoms with Gasteiger partial charge in [-0.05, 0) is 30.5 Å². The smallest absolute Gasteiger partial charge is 0.309 e. The van der Waals surface area contributed by atoms with Gasteiger partial charge in [-0.1, -0.05) is 6.07 Å². The Morgan fingerprint density at radius 1 is 1.23 bits per heavy atom. The predicted molar refractivity (Wildman–Crippen MR) is 77.9 cm³/mol. The fraction of sp³-hybridized carbons (Fsp3) is 0.500. The molecule has 6 nitrogen and oxygen atoms in total. The minimum atomic E-state index is -0.934. The molecule has 1 aromatic rings. The second-order valence-electron chi connectivity index (χ2n) is 5.74. The molecule has 0 spiro atoms. The molecule has 0 radical (unpaired) electrons. The molecular formula is C16H19NO5. The van der Waals surface area contributed by atoms with Crippen LogP contribution in [0.3, 0.4) is 0 Å². The van der Waals surface area contributed by atoms with Crippen LogP contribution in [0.25, 0.3) is 0 Å². The monoisotopic (exact) mass is 305 g/mol. The van der Waals surface area contributed by atoms with Crippen molar-refractivity contribution in [2.75, 3.05) is 14.2 Å². The van der Waals surface area contributed by atoms with E-state index in [-0.39, 0.29) is 18.4 Å². The van der Waals surface area contributed by atoms with Crippen LogP contribution < -0.4 is 9.47 Å². The molecule has 1 aliphatic carbocycles. The van der Waals surface area contributed by atoms with E-state index in [1.54, 1.807) is 24.1 Å². The minimum Gasteiger partial charge on any atom is -0.493 e. The summed E-state index contributed by atoms with van der Waals surface area (Å²) in [4.78, 5) is 25.6. The maximum Gasteiger partial charge on any atom is 0.309 e. The Kier molecular flexibility index (Phi) is 3.68. The van der Waals surface area contributed by atoms with Crippen LogP contribution in [0.2, 0.25) is 0 Å². The number of amides is 1. The van der Waals surface area contributed by atoms with E-state index in [4.69, 9.17) is 9.47 Å². The number of carboxylic acids is 1. The van der Waals surface area contributed by atoms with Crippen LogP contribution in [0.5, 0.6) is 11.5 Å². The Hall–Kier alpha value is -2.24. The van der Waals surface area contributed by atoms with Gasteiger partial charge >= 0.3 is 5.97 Å². The van der Waals surface area contributed by atoms with Gasteiger partial charge in [-0.15, -0.1) is 0 Å². The predicted octanol–water partition coefficient (Wildman–Crippen LogP) is 1.84. The summed E-state index contributed by atoms with van der Waals surface area (Å²) in [7, 11) is 3.09. The number of nitrogens with zero attached hydrogens (tertiary/aromatic N) is 1. The van der Waals surface area contributed by atoms with E-state index in [1.807, 2.05) is 6.07 Å². The van der Waals surface area contributed by atoms with Crippen molar-refractivity contribution in [3.05, 3.63) is 23.8 Å². The molecule has 1 heterocycles. The average Bonchev–Trinajstić information content (AvgIpc) is 3.28. The summed E-state index contributed by atoms with van der Waals surface area (Å²) in [5.41, 5.74) is 0.780. The Morgan fingerprint density at radius 2 is 1.91 bits per heavy atom. The lowest BCUT2D eigenvalue weighted by Gasteiger charge is -2.27. The molecule has 3 rings (SSSR count). The second kappa shape index (κ2) is 5.51. The molecule has 22 heavy (non-hydrogen) atoms. The van der Waals surface area contributed by atoms with Crippen LogP contribution in [-0.2, 0) is 9.59 Å². The number of likely N-dealkylation sites (tertiary alicyclic amines) is 1. The summed E-state index contributed by atoms with van der Waals surface area (Å²) in [6.07, 6.45) is 1.95. The summed E-state index contributed by atoms with van der Waals surface area (Å²) < 4.78 is 10.5. The van der Waals surface area contributed by atoms with Gasteiger partial charge in [0.05, 0.1) is 26.2 Å². The average molecular weight is 305 g/mol. The lowest BCUT2D eigenvalue weighted by atomic mass is 9.93. The standard InChI is InChI=1S/C16H19NO5/c1-21-12-6-3-9(7-13(12)22-2)15-11(16(19)20)8-14(18)17(15)10-4-5-10/h3,6-7,10-11,15H,4-5,8H2,1-2H3,(H,19,20). The zero-order chi connectivity index (χ0) is 15.9. The molecule has 1 saturated heterocycles. The first-order valence-corrected chi connectivity index (χ1v) is 7.32. The Balaban J connectivity index is 2.01. The molecule has 2 atom stereocenters. The topological polar surface area (TPSA) is 76.1 Å². The van der Waals surface area contributed by atoms with Crippen LogP contribution in [-0.4, -0.2) is 42.1 Å². The van der Waals surface area contributed by atoms with Crippen molar-refractivity contribution < 1.29 is 24.2 Å². The number of methoxy groups -OCH3 is 2. The number of aliphatic carboxylic acids is 1. The number of ether oxygens (including phenoxy) is 2. The number of carboxylic acid groups (broad SMARTS) is 1. The van der Waals surface area contributed by atoms with Crippen LogP contribution in [0.1, 0.15) is 30.9 Å². The SMILES string of the molecule is COc1ccc(C2C(C(=O)O)CC(=O)N2C2CC2)cc1OC. The number of hydrogen-bond acceptors (Lipinski definition) is 4. The molecule has 0 aromatic heterocycles. The van der Waals surface area contributed by atoms with Crippen LogP contribution in [0.4, 0.5) is 0 Å². The third-order valence-electron chi connectivity index (χ3n) is 4.37. The van der Waals surface area contributed by atoms with Crippen molar-refractivity contribution in [1.82, 2.24) is 4.90 Å². The third kappa shape index (κ3) is 2.38. The third-order valence-corrected chi connectivity index (χ3v) is 4.37. The van der Waals surface area contributed by atoms with Gasteiger partial charge in [0, 0.05) is 12.5 Å². The van der Waals surface area contributed by atoms with Crippen molar-refractivity contribution in [2.24, 2.45) is 5.92 Å². The largest absolute Gasteiger partial charge is 0.493 e. The molecule has 2 fully saturated rings. The quantitative estimate of drug-likeness (QED) is 0.898. The van der Waals surface area contributed by atoms with Crippen molar-refractivity contribution in [3.63, 3.8) is 0 Å². The zero-order valence-electron chi connectivity index (χ0n) is 12.6. The van der Waals surface area contributed by atoms with Gasteiger partial charge < -0.3 is 19.5 Å². The molecule has 1 amide bonds. The van der Waals surface area contributed by atoms with Gasteiger partial charge in [0.15, 0.2) is 11.5 Å². The number of rotatable bonds is 5. The van der Waals surface area contributed by atoms with Crippen molar-refractivity contribution in [3.8, 4) is 11.5 Å². The number of benzene rings is 1. The first-order valence-electron chi connectivity index (χ1n) is 7.32. The summed E-state index contributed by atoms with van der Waals surface area (Å²) in [5, 5.41) is 9.48. The van der Waals surface area contributed by atoms with Gasteiger partial charge in [-0.25, -0.2) is 0 Å². The highest BCUT2D eigenvalue weighted by Crippen LogP contribution is 2.46. The van der Waals surface area contributed by atoms with E-state index < -0.39 is 17.9 Å². The molecular weight excluding hydrogens is 286 g/mol. The molecule has 6 heteroatoms. The summed E-state index contributed by atoms with van der Waals surface area (Å²) in [6, 6.07) is 5.08. The number of hydrogen-bond donors (Lipinski definition) is 1. The highest BCUT2D eigenvalue weighted by molar-refractivity contribution is 5.88. The maximum absolute atomic E-state index is 12.2. The van der Waals surface area contributed by atoms with Gasteiger partial charge in [-0.3, -0.25) is 9.59 Å². The summed E-state index contributed by atoms with van der Waals surface area (Å²) >= 11 is 0. The number of carbonyl (C=O) groups excluding carboxylic acids is 1. The Morgan fingerprint density at radius 3 is 2.45 bits per heavy atom. The van der Waals surface area contributed by atoms with E-state index in [0.29, 0.717) is 11.5 Å². The van der Waals surface area contributed by atoms with E-state index >= 15 is 0 Å². The normalized spacial score (nSPS) is 24.5. The van der Waals surface area contributed by atoms with Crippen LogP contribution in [0.15, 0.2) is 18.2 Å². The van der Waals surface area contributed by atoms with E-state index in [2.05, 4.69) is 0 Å². The van der Waals surface area contributed by atoms with Gasteiger partial charge in [0.25, 0.3) is 0 Å². The highest BCUT2D eigenvalue weighted by Gasteiger charge is 2.50. The number of carbonyl (C=O) groups is 2. The molecule has 1 N–H and O–H groups in total. The van der Waals surface area contributed by atoms with Crippen molar-refractivity contribution in [1.29, 1.82) is 0 Å². The lowest BCUT2D eigenvalue weighted by molar-refractivity contribution is -0.142. The van der Waals surface area contributed by atoms with E-state index in [1.165, 1.54) is 7.11 Å². The fourth-order valence-corrected chi connectivity index (χ4v) is 3.19. The molecule has 0 bridgehead atoms. The van der Waals surface area contributed by atoms with Gasteiger partial charge in [0.1, 0.15) is 0 Å². The summed E-state index contributed by atoms with van der Waals surface area (Å²) in [5.74, 6) is -0.600. The van der Waals surface area contributed by atoms with Crippen LogP contribution >= 0.6 is 0 Å². The van der Waals surface area contributed by atoms with Gasteiger partial charge in [0.2, 0.25) is 5.91 Å². The lowest BCUT2D eigenvalue weighted by Crippen LogP contribution is -2.32.